The van der Waals surface area contributed by atoms with Gasteiger partial charge in [0, 0.05) is 25.7 Å². The second kappa shape index (κ2) is 112. The van der Waals surface area contributed by atoms with Crippen LogP contribution in [0.1, 0.15) is 402 Å². The summed E-state index contributed by atoms with van der Waals surface area (Å²) in [5.74, 6) is 1.66. The monoisotopic (exact) mass is 1670 g/mol. The SMILES string of the molecule is C.C.CCCC/C=C/CCCCCCCCCCCC(=O)OCC[S-].CCCC/C=C/CCCCCCCCCCCC(=O)OCC[S-].CCCC/C=C/CCCCCCCCCCCC(=O)OCC[S-].CCCC/C=C/CCCCCCCCCCCC(=O)OCC[S-].S.[Sn+2].[Sn+2]. The van der Waals surface area contributed by atoms with Crippen LogP contribution in [0.3, 0.4) is 0 Å². The zero-order valence-corrected chi connectivity index (χ0v) is 72.2. The second-order valence-corrected chi connectivity index (χ2v) is 26.7. The van der Waals surface area contributed by atoms with Crippen molar-refractivity contribution in [3.05, 3.63) is 48.6 Å². The molecule has 0 atom stereocenters. The maximum Gasteiger partial charge on any atom is 2.00 e. The first-order valence-corrected chi connectivity index (χ1v) is 41.1. The van der Waals surface area contributed by atoms with E-state index in [0.29, 0.717) is 75.1 Å². The Morgan fingerprint density at radius 3 is 0.485 bits per heavy atom. The third-order valence-corrected chi connectivity index (χ3v) is 16.6. The Balaban J connectivity index is -0.000000149. The number of carbonyl (C=O) groups is 4. The summed E-state index contributed by atoms with van der Waals surface area (Å²) in [4.78, 5) is 45.1. The molecule has 0 saturated heterocycles. The van der Waals surface area contributed by atoms with E-state index in [9.17, 15) is 19.2 Å². The van der Waals surface area contributed by atoms with Gasteiger partial charge in [0.15, 0.2) is 0 Å². The Hall–Kier alpha value is 0.187. The summed E-state index contributed by atoms with van der Waals surface area (Å²) in [5.41, 5.74) is 0. The van der Waals surface area contributed by atoms with Gasteiger partial charge in [-0.25, -0.2) is 0 Å². The molecule has 0 spiro atoms. The van der Waals surface area contributed by atoms with Gasteiger partial charge in [-0.15, -0.1) is 23.0 Å². The van der Waals surface area contributed by atoms with E-state index in [2.05, 4.69) is 76.3 Å². The molecule has 4 radical (unpaired) electrons. The first kappa shape index (κ1) is 116. The zero-order valence-electron chi connectivity index (χ0n) is 62.3. The minimum atomic E-state index is -0.0846. The Kier molecular flexibility index (Phi) is 134. The summed E-state index contributed by atoms with van der Waals surface area (Å²) in [5, 5.41) is 0. The van der Waals surface area contributed by atoms with Crippen LogP contribution in [-0.2, 0) is 88.6 Å². The molecular formula is C82H158O8S5Sn2. The predicted octanol–water partition coefficient (Wildman–Crippen LogP) is 25.1. The Bertz CT molecular complexity index is 1350. The minimum Gasteiger partial charge on any atom is -0.789 e. The summed E-state index contributed by atoms with van der Waals surface area (Å²) in [6.45, 7) is 10.5. The number of carbonyl (C=O) groups excluding carboxylic acids is 4. The van der Waals surface area contributed by atoms with Crippen molar-refractivity contribution in [2.75, 3.05) is 49.4 Å². The van der Waals surface area contributed by atoms with Crippen molar-refractivity contribution in [1.29, 1.82) is 0 Å². The van der Waals surface area contributed by atoms with Gasteiger partial charge in [-0.1, -0.05) is 322 Å². The van der Waals surface area contributed by atoms with Crippen LogP contribution in [0.2, 0.25) is 0 Å². The van der Waals surface area contributed by atoms with Gasteiger partial charge < -0.3 is 69.5 Å². The smallest absolute Gasteiger partial charge is 0.789 e. The molecule has 0 aromatic rings. The quantitative estimate of drug-likeness (QED) is 0.0145. The first-order chi connectivity index (χ1) is 45.2. The van der Waals surface area contributed by atoms with Crippen LogP contribution in [-0.4, -0.2) is 121 Å². The topological polar surface area (TPSA) is 105 Å². The summed E-state index contributed by atoms with van der Waals surface area (Å²) in [6, 6.07) is 0. The maximum atomic E-state index is 11.3. The van der Waals surface area contributed by atoms with E-state index < -0.39 is 0 Å². The molecule has 0 N–H and O–H groups in total. The maximum absolute atomic E-state index is 11.3. The number of ether oxygens (including phenoxy) is 4. The predicted molar refractivity (Wildman–Crippen MR) is 446 cm³/mol. The normalized spacial score (nSPS) is 10.6. The number of esters is 4. The van der Waals surface area contributed by atoms with Gasteiger partial charge in [0.1, 0.15) is 0 Å². The van der Waals surface area contributed by atoms with E-state index >= 15 is 0 Å². The van der Waals surface area contributed by atoms with Crippen molar-refractivity contribution >= 4 is 136 Å². The third kappa shape index (κ3) is 120. The van der Waals surface area contributed by atoms with Crippen LogP contribution >= 0.6 is 13.5 Å². The van der Waals surface area contributed by atoms with E-state index in [1.54, 1.807) is 0 Å². The van der Waals surface area contributed by atoms with E-state index in [0.717, 1.165) is 51.4 Å². The van der Waals surface area contributed by atoms with Crippen molar-refractivity contribution in [2.45, 2.75) is 402 Å². The van der Waals surface area contributed by atoms with Gasteiger partial charge in [0.05, 0.1) is 26.4 Å². The number of unbranched alkanes of at least 4 members (excludes halogenated alkanes) is 44. The van der Waals surface area contributed by atoms with Crippen LogP contribution in [0.25, 0.3) is 0 Å². The molecule has 0 heterocycles. The molecule has 0 aliphatic heterocycles. The van der Waals surface area contributed by atoms with Crippen LogP contribution < -0.4 is 0 Å². The summed E-state index contributed by atoms with van der Waals surface area (Å²) >= 11 is 19.0. The number of allylic oxidation sites excluding steroid dienone is 8. The minimum absolute atomic E-state index is 0. The van der Waals surface area contributed by atoms with Crippen LogP contribution in [0, 0.1) is 0 Å². The van der Waals surface area contributed by atoms with Gasteiger partial charge in [-0.05, 0) is 103 Å². The average Bonchev–Trinajstić information content (AvgIpc) is 3.68. The number of hydrogen-bond acceptors (Lipinski definition) is 12. The molecule has 0 rings (SSSR count). The van der Waals surface area contributed by atoms with Gasteiger partial charge in [0.25, 0.3) is 0 Å². The van der Waals surface area contributed by atoms with Crippen LogP contribution in [0.15, 0.2) is 48.6 Å². The first-order valence-electron chi connectivity index (χ1n) is 38.8. The largest absolute Gasteiger partial charge is 2.00 e. The molecule has 0 aromatic heterocycles. The number of hydrogen-bond donors (Lipinski definition) is 0. The molecule has 8 nitrogen and oxygen atoms in total. The van der Waals surface area contributed by atoms with E-state index in [4.69, 9.17) is 69.5 Å². The Morgan fingerprint density at radius 2 is 0.351 bits per heavy atom. The standard InChI is InChI=1S/4C20H38O2S.2CH4.H2S.2Sn/c4*1-2-3-4-5-6-7-8-9-10-11-12-13-14-15-16-17-20(21)22-18-19-23;;;;;/h4*5-6,23H,2-4,7-19H2,1H3;2*1H4;1H2;;/q;;;;;;;2*+2/p-4/b4*6-5+;;;;;. The molecule has 0 amide bonds. The van der Waals surface area contributed by atoms with Crippen molar-refractivity contribution < 1.29 is 38.1 Å². The Labute approximate surface area is 668 Å². The summed E-state index contributed by atoms with van der Waals surface area (Å²) in [6.07, 6.45) is 87.3. The Morgan fingerprint density at radius 1 is 0.227 bits per heavy atom. The van der Waals surface area contributed by atoms with Crippen LogP contribution in [0.4, 0.5) is 0 Å². The molecule has 15 heteroatoms. The summed E-state index contributed by atoms with van der Waals surface area (Å²) < 4.78 is 19.8. The zero-order chi connectivity index (χ0) is 68.0. The van der Waals surface area contributed by atoms with E-state index in [1.165, 1.54) is 283 Å². The molecule has 0 unspecified atom stereocenters. The molecule has 0 aromatic carbocycles. The fourth-order valence-electron chi connectivity index (χ4n) is 10.2. The van der Waals surface area contributed by atoms with Crippen molar-refractivity contribution in [3.63, 3.8) is 0 Å². The fraction of sp³-hybridized carbons (Fsp3) is 0.854. The molecule has 0 aliphatic carbocycles. The van der Waals surface area contributed by atoms with E-state index in [1.807, 2.05) is 0 Å². The molecule has 97 heavy (non-hydrogen) atoms. The van der Waals surface area contributed by atoms with Crippen LogP contribution in [0.5, 0.6) is 0 Å². The third-order valence-electron chi connectivity index (χ3n) is 16.0. The molecule has 572 valence electrons. The summed E-state index contributed by atoms with van der Waals surface area (Å²) in [7, 11) is 0. The van der Waals surface area contributed by atoms with Crippen molar-refractivity contribution in [2.24, 2.45) is 0 Å². The van der Waals surface area contributed by atoms with Gasteiger partial charge in [-0.3, -0.25) is 19.2 Å². The molecule has 0 aliphatic rings. The van der Waals surface area contributed by atoms with Gasteiger partial charge >= 0.3 is 71.7 Å². The molecule has 0 bridgehead atoms. The second-order valence-electron chi connectivity index (χ2n) is 25.0. The fourth-order valence-corrected chi connectivity index (χ4v) is 10.6. The van der Waals surface area contributed by atoms with E-state index in [-0.39, 0.29) is 100 Å². The van der Waals surface area contributed by atoms with Gasteiger partial charge in [0.2, 0.25) is 0 Å². The van der Waals surface area contributed by atoms with Crippen molar-refractivity contribution in [1.82, 2.24) is 0 Å². The average molecular weight is 1670 g/mol. The van der Waals surface area contributed by atoms with Crippen molar-refractivity contribution in [3.8, 4) is 0 Å². The van der Waals surface area contributed by atoms with Gasteiger partial charge in [-0.2, -0.15) is 13.5 Å². The molecule has 0 fully saturated rings. The molecule has 0 saturated carbocycles. The number of rotatable bonds is 68. The molecular weight excluding hydrogens is 1510 g/mol.